The molecule has 0 aromatic carbocycles. The standard InChI is InChI=1S/C10H16O2/c1-6-4-5-7(2)10(12)8(3)9(6)11/h4-9,11H,1-3H3/t6-,7+,8-,9+/m0/s1. The smallest absolute Gasteiger partial charge is 0.144 e. The Kier molecular flexibility index (Phi) is 2.68. The van der Waals surface area contributed by atoms with Gasteiger partial charge in [0.15, 0.2) is 0 Å². The van der Waals surface area contributed by atoms with Crippen LogP contribution in [0.5, 0.6) is 0 Å². The molecule has 0 spiro atoms. The summed E-state index contributed by atoms with van der Waals surface area (Å²) in [6.45, 7) is 5.61. The number of aliphatic hydroxyl groups excluding tert-OH is 1. The summed E-state index contributed by atoms with van der Waals surface area (Å²) in [5, 5.41) is 9.64. The molecular formula is C10H16O2. The summed E-state index contributed by atoms with van der Waals surface area (Å²) in [6.07, 6.45) is 3.30. The average Bonchev–Trinajstić information content (AvgIpc) is 2.14. The van der Waals surface area contributed by atoms with E-state index in [1.807, 2.05) is 26.0 Å². The first-order valence-electron chi connectivity index (χ1n) is 4.44. The van der Waals surface area contributed by atoms with Gasteiger partial charge in [0.1, 0.15) is 5.78 Å². The minimum Gasteiger partial charge on any atom is -0.392 e. The second-order valence-corrected chi connectivity index (χ2v) is 3.71. The molecule has 0 bridgehead atoms. The van der Waals surface area contributed by atoms with Crippen LogP contribution in [0.3, 0.4) is 0 Å². The average molecular weight is 168 g/mol. The number of Topliss-reactive ketones (excluding diaryl/α,β-unsaturated/α-hetero) is 1. The Morgan fingerprint density at radius 1 is 1.25 bits per heavy atom. The molecule has 0 radical (unpaired) electrons. The zero-order valence-corrected chi connectivity index (χ0v) is 7.82. The van der Waals surface area contributed by atoms with Gasteiger partial charge in [0.05, 0.1) is 6.10 Å². The molecular weight excluding hydrogens is 152 g/mol. The van der Waals surface area contributed by atoms with Crippen molar-refractivity contribution in [2.24, 2.45) is 17.8 Å². The van der Waals surface area contributed by atoms with Gasteiger partial charge in [-0.3, -0.25) is 4.79 Å². The van der Waals surface area contributed by atoms with Crippen molar-refractivity contribution in [3.8, 4) is 0 Å². The summed E-state index contributed by atoms with van der Waals surface area (Å²) >= 11 is 0. The van der Waals surface area contributed by atoms with Crippen molar-refractivity contribution in [2.45, 2.75) is 26.9 Å². The van der Waals surface area contributed by atoms with Crippen molar-refractivity contribution in [1.29, 1.82) is 0 Å². The predicted octanol–water partition coefficient (Wildman–Crippen LogP) is 1.39. The lowest BCUT2D eigenvalue weighted by Gasteiger charge is -2.19. The zero-order valence-electron chi connectivity index (χ0n) is 7.82. The molecule has 0 heterocycles. The van der Waals surface area contributed by atoms with Crippen LogP contribution in [0.2, 0.25) is 0 Å². The Balaban J connectivity index is 2.86. The van der Waals surface area contributed by atoms with Crippen LogP contribution in [-0.4, -0.2) is 17.0 Å². The van der Waals surface area contributed by atoms with Gasteiger partial charge in [-0.2, -0.15) is 0 Å². The Labute approximate surface area is 73.3 Å². The van der Waals surface area contributed by atoms with Crippen molar-refractivity contribution in [3.63, 3.8) is 0 Å². The Morgan fingerprint density at radius 3 is 2.42 bits per heavy atom. The van der Waals surface area contributed by atoms with E-state index in [2.05, 4.69) is 0 Å². The maximum Gasteiger partial charge on any atom is 0.144 e. The van der Waals surface area contributed by atoms with E-state index in [1.54, 1.807) is 6.92 Å². The van der Waals surface area contributed by atoms with Crippen LogP contribution in [0, 0.1) is 17.8 Å². The molecule has 2 heteroatoms. The minimum absolute atomic E-state index is 0.0420. The van der Waals surface area contributed by atoms with Gasteiger partial charge >= 0.3 is 0 Å². The summed E-state index contributed by atoms with van der Waals surface area (Å²) < 4.78 is 0. The third kappa shape index (κ3) is 1.58. The van der Waals surface area contributed by atoms with Crippen LogP contribution in [0.25, 0.3) is 0 Å². The number of aliphatic hydroxyl groups is 1. The monoisotopic (exact) mass is 168 g/mol. The van der Waals surface area contributed by atoms with Crippen molar-refractivity contribution < 1.29 is 9.90 Å². The van der Waals surface area contributed by atoms with Crippen molar-refractivity contribution >= 4 is 5.78 Å². The van der Waals surface area contributed by atoms with E-state index in [4.69, 9.17) is 0 Å². The minimum atomic E-state index is -0.515. The molecule has 0 saturated heterocycles. The van der Waals surface area contributed by atoms with Crippen LogP contribution in [-0.2, 0) is 4.79 Å². The van der Waals surface area contributed by atoms with Crippen LogP contribution >= 0.6 is 0 Å². The van der Waals surface area contributed by atoms with E-state index in [-0.39, 0.29) is 23.5 Å². The number of ketones is 1. The second-order valence-electron chi connectivity index (χ2n) is 3.71. The molecule has 1 aliphatic carbocycles. The van der Waals surface area contributed by atoms with Gasteiger partial charge in [-0.1, -0.05) is 32.9 Å². The summed E-state index contributed by atoms with van der Waals surface area (Å²) in [5.41, 5.74) is 0. The molecule has 0 amide bonds. The maximum absolute atomic E-state index is 11.5. The lowest BCUT2D eigenvalue weighted by molar-refractivity contribution is -0.128. The Morgan fingerprint density at radius 2 is 1.83 bits per heavy atom. The van der Waals surface area contributed by atoms with Crippen molar-refractivity contribution in [2.75, 3.05) is 0 Å². The van der Waals surface area contributed by atoms with Gasteiger partial charge in [0.2, 0.25) is 0 Å². The van der Waals surface area contributed by atoms with E-state index < -0.39 is 6.10 Å². The van der Waals surface area contributed by atoms with Gasteiger partial charge in [-0.05, 0) is 0 Å². The molecule has 1 N–H and O–H groups in total. The van der Waals surface area contributed by atoms with E-state index >= 15 is 0 Å². The highest BCUT2D eigenvalue weighted by Crippen LogP contribution is 2.23. The van der Waals surface area contributed by atoms with E-state index in [9.17, 15) is 9.90 Å². The lowest BCUT2D eigenvalue weighted by Crippen LogP contribution is -2.30. The maximum atomic E-state index is 11.5. The largest absolute Gasteiger partial charge is 0.392 e. The molecule has 2 nitrogen and oxygen atoms in total. The lowest BCUT2D eigenvalue weighted by atomic mass is 9.90. The summed E-state index contributed by atoms with van der Waals surface area (Å²) in [6, 6.07) is 0. The van der Waals surface area contributed by atoms with Gasteiger partial charge in [-0.25, -0.2) is 0 Å². The number of rotatable bonds is 0. The SMILES string of the molecule is C[C@@H]1C=C[C@H](C)[C@@H](O)[C@H](C)C1=O. The highest BCUT2D eigenvalue weighted by molar-refractivity contribution is 5.85. The molecule has 0 saturated carbocycles. The van der Waals surface area contributed by atoms with Crippen LogP contribution < -0.4 is 0 Å². The number of hydrogen-bond donors (Lipinski definition) is 1. The summed E-state index contributed by atoms with van der Waals surface area (Å²) in [7, 11) is 0. The van der Waals surface area contributed by atoms with Gasteiger partial charge in [0.25, 0.3) is 0 Å². The first-order valence-corrected chi connectivity index (χ1v) is 4.44. The molecule has 1 rings (SSSR count). The molecule has 0 aromatic rings. The fourth-order valence-electron chi connectivity index (χ4n) is 1.59. The topological polar surface area (TPSA) is 37.3 Å². The Bertz CT molecular complexity index is 208. The molecule has 68 valence electrons. The summed E-state index contributed by atoms with van der Waals surface area (Å²) in [4.78, 5) is 11.5. The third-order valence-electron chi connectivity index (χ3n) is 2.65. The van der Waals surface area contributed by atoms with Crippen LogP contribution in [0.4, 0.5) is 0 Å². The number of carbonyl (C=O) groups excluding carboxylic acids is 1. The fraction of sp³-hybridized carbons (Fsp3) is 0.700. The highest BCUT2D eigenvalue weighted by Gasteiger charge is 2.30. The van der Waals surface area contributed by atoms with E-state index in [0.717, 1.165) is 0 Å². The predicted molar refractivity (Wildman–Crippen MR) is 47.6 cm³/mol. The quantitative estimate of drug-likeness (QED) is 0.555. The first kappa shape index (κ1) is 9.46. The zero-order chi connectivity index (χ0) is 9.30. The van der Waals surface area contributed by atoms with E-state index in [0.29, 0.717) is 0 Å². The molecule has 1 aliphatic rings. The van der Waals surface area contributed by atoms with E-state index in [1.165, 1.54) is 0 Å². The molecule has 0 aliphatic heterocycles. The fourth-order valence-corrected chi connectivity index (χ4v) is 1.59. The molecule has 0 aromatic heterocycles. The highest BCUT2D eigenvalue weighted by atomic mass is 16.3. The Hall–Kier alpha value is -0.630. The normalized spacial score (nSPS) is 42.8. The third-order valence-corrected chi connectivity index (χ3v) is 2.65. The summed E-state index contributed by atoms with van der Waals surface area (Å²) in [5.74, 6) is -0.0402. The van der Waals surface area contributed by atoms with Crippen LogP contribution in [0.1, 0.15) is 20.8 Å². The van der Waals surface area contributed by atoms with Gasteiger partial charge < -0.3 is 5.11 Å². The first-order chi connectivity index (χ1) is 5.54. The van der Waals surface area contributed by atoms with Crippen molar-refractivity contribution in [1.82, 2.24) is 0 Å². The van der Waals surface area contributed by atoms with Gasteiger partial charge in [0, 0.05) is 17.8 Å². The molecule has 4 atom stereocenters. The molecule has 12 heavy (non-hydrogen) atoms. The number of hydrogen-bond acceptors (Lipinski definition) is 2. The van der Waals surface area contributed by atoms with Crippen LogP contribution in [0.15, 0.2) is 12.2 Å². The molecule has 0 fully saturated rings. The molecule has 0 unspecified atom stereocenters. The van der Waals surface area contributed by atoms with Gasteiger partial charge in [-0.15, -0.1) is 0 Å². The number of carbonyl (C=O) groups is 1. The second kappa shape index (κ2) is 3.40. The number of allylic oxidation sites excluding steroid dienone is 1. The van der Waals surface area contributed by atoms with Crippen molar-refractivity contribution in [3.05, 3.63) is 12.2 Å².